The molecule has 0 bridgehead atoms. The quantitative estimate of drug-likeness (QED) is 0.208. The average Bonchev–Trinajstić information content (AvgIpc) is 3.49. The highest BCUT2D eigenvalue weighted by atomic mass is 16.3. The summed E-state index contributed by atoms with van der Waals surface area (Å²) in [6, 6.07) is 49.2. The number of rotatable bonds is 4. The summed E-state index contributed by atoms with van der Waals surface area (Å²) in [6.07, 6.45) is 3.91. The largest absolute Gasteiger partial charge is 0.456 e. The maximum absolute atomic E-state index is 6.19. The van der Waals surface area contributed by atoms with Crippen molar-refractivity contribution in [3.63, 3.8) is 0 Å². The minimum absolute atomic E-state index is 0.895. The van der Waals surface area contributed by atoms with Gasteiger partial charge >= 0.3 is 0 Å². The maximum Gasteiger partial charge on any atom is 0.136 e. The van der Waals surface area contributed by atoms with Crippen LogP contribution < -0.4 is 0 Å². The number of para-hydroxylation sites is 2. The van der Waals surface area contributed by atoms with Crippen LogP contribution in [0.3, 0.4) is 0 Å². The van der Waals surface area contributed by atoms with Gasteiger partial charge in [0.25, 0.3) is 0 Å². The molecule has 2 nitrogen and oxygen atoms in total. The predicted octanol–water partition coefficient (Wildman–Crippen LogP) is 11.9. The molecule has 0 radical (unpaired) electrons. The van der Waals surface area contributed by atoms with E-state index >= 15 is 0 Å². The fraction of sp³-hybridized carbons (Fsp3) is 0. The summed E-state index contributed by atoms with van der Waals surface area (Å²) in [5.41, 5.74) is 8.20. The van der Waals surface area contributed by atoms with Gasteiger partial charge in [0.05, 0.1) is 11.2 Å². The Kier molecular flexibility index (Phi) is 6.13. The van der Waals surface area contributed by atoms with Crippen molar-refractivity contribution in [2.75, 3.05) is 0 Å². The molecule has 0 saturated carbocycles. The predicted molar refractivity (Wildman–Crippen MR) is 189 cm³/mol. The van der Waals surface area contributed by atoms with Crippen molar-refractivity contribution in [3.8, 4) is 16.8 Å². The highest BCUT2D eigenvalue weighted by Crippen LogP contribution is 2.38. The number of benzene rings is 6. The van der Waals surface area contributed by atoms with Gasteiger partial charge in [0.15, 0.2) is 0 Å². The molecule has 8 aromatic rings. The first-order valence-electron chi connectivity index (χ1n) is 14.8. The van der Waals surface area contributed by atoms with E-state index in [1.54, 1.807) is 0 Å². The van der Waals surface area contributed by atoms with E-state index in [-0.39, 0.29) is 0 Å². The third-order valence-corrected chi connectivity index (χ3v) is 8.62. The van der Waals surface area contributed by atoms with Crippen molar-refractivity contribution in [2.24, 2.45) is 0 Å². The molecule has 0 aliphatic rings. The molecule has 0 atom stereocenters. The van der Waals surface area contributed by atoms with Crippen molar-refractivity contribution in [1.29, 1.82) is 0 Å². The summed E-state index contributed by atoms with van der Waals surface area (Å²) in [4.78, 5) is 0. The van der Waals surface area contributed by atoms with Crippen LogP contribution in [0.4, 0.5) is 0 Å². The molecule has 44 heavy (non-hydrogen) atoms. The Balaban J connectivity index is 1.48. The smallest absolute Gasteiger partial charge is 0.136 e. The third kappa shape index (κ3) is 3.96. The van der Waals surface area contributed by atoms with Crippen LogP contribution in [0.5, 0.6) is 0 Å². The number of hydrogen-bond acceptors (Lipinski definition) is 1. The molecular formula is C42H29NO. The minimum atomic E-state index is 0.895. The summed E-state index contributed by atoms with van der Waals surface area (Å²) in [6.45, 7) is 8.61. The Morgan fingerprint density at radius 1 is 0.477 bits per heavy atom. The fourth-order valence-corrected chi connectivity index (χ4v) is 6.69. The number of furan rings is 1. The standard InChI is InChI=1S/C42H29NO/c1-3-30-32-14-5-6-15-33(32)34-16-7-8-17-35(34)36-18-9-11-21-39(36)43(38(30)4-2)29-26-24-28(25-27-29)31-20-13-23-41-42(31)37-19-10-12-22-40(37)44-41/h3-27H,1-2H2. The summed E-state index contributed by atoms with van der Waals surface area (Å²) in [5.74, 6) is 0. The second-order valence-corrected chi connectivity index (χ2v) is 11.0. The monoisotopic (exact) mass is 563 g/mol. The molecule has 0 fully saturated rings. The zero-order valence-electron chi connectivity index (χ0n) is 24.2. The summed E-state index contributed by atoms with van der Waals surface area (Å²) < 4.78 is 8.50. The van der Waals surface area contributed by atoms with Gasteiger partial charge in [-0.3, -0.25) is 0 Å². The molecule has 8 rings (SSSR count). The average molecular weight is 564 g/mol. The van der Waals surface area contributed by atoms with Gasteiger partial charge in [0.1, 0.15) is 11.2 Å². The second kappa shape index (κ2) is 10.4. The number of nitrogens with zero attached hydrogens (tertiary/aromatic N) is 1. The van der Waals surface area contributed by atoms with Gasteiger partial charge in [-0.25, -0.2) is 0 Å². The summed E-state index contributed by atoms with van der Waals surface area (Å²) in [5, 5.41) is 8.09. The molecule has 6 aromatic carbocycles. The fourth-order valence-electron chi connectivity index (χ4n) is 6.69. The van der Waals surface area contributed by atoms with E-state index in [9.17, 15) is 0 Å². The van der Waals surface area contributed by atoms with Crippen molar-refractivity contribution in [1.82, 2.24) is 4.57 Å². The Morgan fingerprint density at radius 3 is 1.75 bits per heavy atom. The summed E-state index contributed by atoms with van der Waals surface area (Å²) >= 11 is 0. The van der Waals surface area contributed by atoms with Crippen molar-refractivity contribution >= 4 is 66.5 Å². The van der Waals surface area contributed by atoms with Crippen LogP contribution in [0.15, 0.2) is 157 Å². The molecule has 2 heteroatoms. The molecule has 0 aliphatic carbocycles. The number of hydrogen-bond donors (Lipinski definition) is 0. The van der Waals surface area contributed by atoms with Crippen LogP contribution in [0.25, 0.3) is 83.4 Å². The zero-order chi connectivity index (χ0) is 29.6. The van der Waals surface area contributed by atoms with E-state index in [2.05, 4.69) is 139 Å². The Bertz CT molecular complexity index is 2470. The van der Waals surface area contributed by atoms with E-state index in [0.29, 0.717) is 0 Å². The van der Waals surface area contributed by atoms with E-state index < -0.39 is 0 Å². The van der Waals surface area contributed by atoms with Gasteiger partial charge in [0.2, 0.25) is 0 Å². The maximum atomic E-state index is 6.19. The molecule has 0 spiro atoms. The number of aromatic nitrogens is 1. The van der Waals surface area contributed by atoms with E-state index in [4.69, 9.17) is 4.42 Å². The van der Waals surface area contributed by atoms with Gasteiger partial charge in [-0.2, -0.15) is 0 Å². The molecule has 208 valence electrons. The zero-order valence-corrected chi connectivity index (χ0v) is 24.2. The normalized spacial score (nSPS) is 11.4. The second-order valence-electron chi connectivity index (χ2n) is 11.0. The first-order chi connectivity index (χ1) is 21.8. The van der Waals surface area contributed by atoms with Gasteiger partial charge < -0.3 is 8.98 Å². The van der Waals surface area contributed by atoms with Gasteiger partial charge in [-0.15, -0.1) is 0 Å². The van der Waals surface area contributed by atoms with E-state index in [1.807, 2.05) is 30.4 Å². The molecule has 0 N–H and O–H groups in total. The Labute approximate surface area is 255 Å². The molecule has 0 unspecified atom stereocenters. The first kappa shape index (κ1) is 25.8. The molecule has 2 heterocycles. The van der Waals surface area contributed by atoms with Crippen molar-refractivity contribution < 1.29 is 4.42 Å². The van der Waals surface area contributed by atoms with Crippen molar-refractivity contribution in [2.45, 2.75) is 0 Å². The van der Waals surface area contributed by atoms with Gasteiger partial charge in [-0.05, 0) is 69.1 Å². The lowest BCUT2D eigenvalue weighted by molar-refractivity contribution is 0.669. The minimum Gasteiger partial charge on any atom is -0.456 e. The molecule has 0 aliphatic heterocycles. The first-order valence-corrected chi connectivity index (χ1v) is 14.8. The van der Waals surface area contributed by atoms with Crippen LogP contribution >= 0.6 is 0 Å². The lowest BCUT2D eigenvalue weighted by atomic mass is 9.99. The molecule has 0 amide bonds. The van der Waals surface area contributed by atoms with E-state index in [1.165, 1.54) is 16.2 Å². The SMILES string of the molecule is C=Cc1c(C=C)n(-c2ccc(-c3cccc4oc5ccccc5c34)cc2)c2ccccc2c2ccccc2c2ccccc12. The van der Waals surface area contributed by atoms with Crippen LogP contribution in [-0.2, 0) is 0 Å². The Morgan fingerprint density at radius 2 is 1.05 bits per heavy atom. The van der Waals surface area contributed by atoms with Crippen LogP contribution in [0.1, 0.15) is 11.3 Å². The van der Waals surface area contributed by atoms with Crippen molar-refractivity contribution in [3.05, 3.63) is 164 Å². The topological polar surface area (TPSA) is 18.1 Å². The lowest BCUT2D eigenvalue weighted by Crippen LogP contribution is -2.02. The van der Waals surface area contributed by atoms with Gasteiger partial charge in [0, 0.05) is 27.4 Å². The number of fused-ring (bicyclic) bond motifs is 8. The molecular weight excluding hydrogens is 534 g/mol. The van der Waals surface area contributed by atoms with E-state index in [0.717, 1.165) is 66.3 Å². The molecule has 0 saturated heterocycles. The highest BCUT2D eigenvalue weighted by Gasteiger charge is 2.14. The lowest BCUT2D eigenvalue weighted by Gasteiger charge is -2.16. The van der Waals surface area contributed by atoms with Gasteiger partial charge in [-0.1, -0.05) is 128 Å². The summed E-state index contributed by atoms with van der Waals surface area (Å²) in [7, 11) is 0. The van der Waals surface area contributed by atoms with Crippen LogP contribution in [0.2, 0.25) is 0 Å². The van der Waals surface area contributed by atoms with Crippen LogP contribution in [-0.4, -0.2) is 4.57 Å². The highest BCUT2D eigenvalue weighted by molar-refractivity contribution is 6.16. The Hall–Kier alpha value is -5.86. The third-order valence-electron chi connectivity index (χ3n) is 8.62. The molecule has 2 aromatic heterocycles. The van der Waals surface area contributed by atoms with Crippen LogP contribution in [0, 0.1) is 0 Å².